The average Bonchev–Trinajstić information content (AvgIpc) is 2.25. The van der Waals surface area contributed by atoms with E-state index in [-0.39, 0.29) is 12.3 Å². The molecular weight excluding hydrogens is 198 g/mol. The maximum atomic E-state index is 10.6. The van der Waals surface area contributed by atoms with Crippen LogP contribution >= 0.6 is 0 Å². The van der Waals surface area contributed by atoms with Crippen LogP contribution in [0.15, 0.2) is 24.3 Å². The topological polar surface area (TPSA) is 61.6 Å². The van der Waals surface area contributed by atoms with Gasteiger partial charge in [0, 0.05) is 13.2 Å². The summed E-state index contributed by atoms with van der Waals surface area (Å²) in [7, 11) is 1.58. The fourth-order valence-corrected chi connectivity index (χ4v) is 1.14. The Labute approximate surface area is 87.8 Å². The number of nitro benzene ring substituents is 1. The highest BCUT2D eigenvalue weighted by Gasteiger charge is 2.11. The third-order valence-electron chi connectivity index (χ3n) is 1.88. The van der Waals surface area contributed by atoms with Gasteiger partial charge in [-0.15, -0.1) is 0 Å². The summed E-state index contributed by atoms with van der Waals surface area (Å²) in [6.45, 7) is 1.16. The lowest BCUT2D eigenvalue weighted by Crippen LogP contribution is -2.03. The molecule has 0 spiro atoms. The smallest absolute Gasteiger partial charge is 0.274 e. The Bertz CT molecular complexity index is 327. The van der Waals surface area contributed by atoms with Crippen LogP contribution in [-0.2, 0) is 16.1 Å². The first-order chi connectivity index (χ1) is 7.25. The Balaban J connectivity index is 2.56. The molecule has 1 aromatic carbocycles. The molecule has 0 fully saturated rings. The molecule has 0 saturated carbocycles. The molecule has 0 saturated heterocycles. The monoisotopic (exact) mass is 211 g/mol. The third kappa shape index (κ3) is 3.65. The second-order valence-corrected chi connectivity index (χ2v) is 2.93. The Hall–Kier alpha value is -1.46. The van der Waals surface area contributed by atoms with E-state index in [1.165, 1.54) is 6.07 Å². The lowest BCUT2D eigenvalue weighted by Gasteiger charge is -2.04. The van der Waals surface area contributed by atoms with Crippen LogP contribution in [0.2, 0.25) is 0 Å². The zero-order chi connectivity index (χ0) is 11.1. The summed E-state index contributed by atoms with van der Waals surface area (Å²) >= 11 is 0. The van der Waals surface area contributed by atoms with Gasteiger partial charge < -0.3 is 9.47 Å². The summed E-state index contributed by atoms with van der Waals surface area (Å²) in [4.78, 5) is 10.2. The second kappa shape index (κ2) is 6.10. The fraction of sp³-hybridized carbons (Fsp3) is 0.400. The molecule has 0 aliphatic heterocycles. The van der Waals surface area contributed by atoms with Crippen LogP contribution in [0.4, 0.5) is 5.69 Å². The van der Waals surface area contributed by atoms with Gasteiger partial charge in [-0.1, -0.05) is 12.1 Å². The molecule has 0 unspecified atom stereocenters. The molecular formula is C10H13NO4. The SMILES string of the molecule is COCCOCc1ccccc1[N+](=O)[O-]. The predicted molar refractivity (Wildman–Crippen MR) is 54.6 cm³/mol. The van der Waals surface area contributed by atoms with Crippen molar-refractivity contribution in [3.8, 4) is 0 Å². The zero-order valence-corrected chi connectivity index (χ0v) is 8.51. The average molecular weight is 211 g/mol. The maximum absolute atomic E-state index is 10.6. The van der Waals surface area contributed by atoms with Crippen LogP contribution in [-0.4, -0.2) is 25.2 Å². The molecule has 1 rings (SSSR count). The van der Waals surface area contributed by atoms with Gasteiger partial charge in [0.25, 0.3) is 5.69 Å². The van der Waals surface area contributed by atoms with E-state index in [9.17, 15) is 10.1 Å². The van der Waals surface area contributed by atoms with Gasteiger partial charge in [0.05, 0.1) is 30.3 Å². The normalized spacial score (nSPS) is 10.2. The van der Waals surface area contributed by atoms with Gasteiger partial charge in [-0.3, -0.25) is 10.1 Å². The first kappa shape index (κ1) is 11.6. The number of nitro groups is 1. The number of methoxy groups -OCH3 is 1. The molecule has 0 atom stereocenters. The third-order valence-corrected chi connectivity index (χ3v) is 1.88. The number of para-hydroxylation sites is 1. The number of rotatable bonds is 6. The first-order valence-electron chi connectivity index (χ1n) is 4.54. The van der Waals surface area contributed by atoms with Crippen LogP contribution in [0.3, 0.4) is 0 Å². The molecule has 0 radical (unpaired) electrons. The van der Waals surface area contributed by atoms with Gasteiger partial charge in [-0.05, 0) is 6.07 Å². The fourth-order valence-electron chi connectivity index (χ4n) is 1.14. The van der Waals surface area contributed by atoms with Crippen molar-refractivity contribution < 1.29 is 14.4 Å². The molecule has 0 amide bonds. The Kier molecular flexibility index (Phi) is 4.73. The van der Waals surface area contributed by atoms with Crippen molar-refractivity contribution in [3.05, 3.63) is 39.9 Å². The van der Waals surface area contributed by atoms with E-state index in [0.29, 0.717) is 18.8 Å². The van der Waals surface area contributed by atoms with Gasteiger partial charge in [0.15, 0.2) is 0 Å². The molecule has 5 heteroatoms. The lowest BCUT2D eigenvalue weighted by atomic mass is 10.2. The summed E-state index contributed by atoms with van der Waals surface area (Å²) in [5.74, 6) is 0. The summed E-state index contributed by atoms with van der Waals surface area (Å²) < 4.78 is 10.0. The van der Waals surface area contributed by atoms with Crippen molar-refractivity contribution in [2.45, 2.75) is 6.61 Å². The van der Waals surface area contributed by atoms with E-state index < -0.39 is 4.92 Å². The van der Waals surface area contributed by atoms with Crippen molar-refractivity contribution >= 4 is 5.69 Å². The van der Waals surface area contributed by atoms with Crippen LogP contribution in [0.1, 0.15) is 5.56 Å². The van der Waals surface area contributed by atoms with Crippen LogP contribution in [0.25, 0.3) is 0 Å². The summed E-state index contributed by atoms with van der Waals surface area (Å²) in [5.41, 5.74) is 0.675. The standard InChI is InChI=1S/C10H13NO4/c1-14-6-7-15-8-9-4-2-3-5-10(9)11(12)13/h2-5H,6-8H2,1H3. The molecule has 0 bridgehead atoms. The van der Waals surface area contributed by atoms with E-state index in [2.05, 4.69) is 0 Å². The predicted octanol–water partition coefficient (Wildman–Crippen LogP) is 1.76. The molecule has 0 heterocycles. The lowest BCUT2D eigenvalue weighted by molar-refractivity contribution is -0.386. The zero-order valence-electron chi connectivity index (χ0n) is 8.51. The molecule has 1 aromatic rings. The highest BCUT2D eigenvalue weighted by atomic mass is 16.6. The van der Waals surface area contributed by atoms with E-state index in [1.807, 2.05) is 0 Å². The van der Waals surface area contributed by atoms with Gasteiger partial charge in [0.1, 0.15) is 0 Å². The minimum atomic E-state index is -0.408. The van der Waals surface area contributed by atoms with Crippen molar-refractivity contribution in [3.63, 3.8) is 0 Å². The van der Waals surface area contributed by atoms with E-state index in [0.717, 1.165) is 0 Å². The number of hydrogen-bond acceptors (Lipinski definition) is 4. The molecule has 0 N–H and O–H groups in total. The Morgan fingerprint density at radius 1 is 1.33 bits per heavy atom. The number of benzene rings is 1. The highest BCUT2D eigenvalue weighted by molar-refractivity contribution is 5.39. The Morgan fingerprint density at radius 2 is 2.07 bits per heavy atom. The molecule has 82 valence electrons. The number of hydrogen-bond donors (Lipinski definition) is 0. The minimum absolute atomic E-state index is 0.0925. The van der Waals surface area contributed by atoms with Gasteiger partial charge in [0.2, 0.25) is 0 Å². The minimum Gasteiger partial charge on any atom is -0.382 e. The first-order valence-corrected chi connectivity index (χ1v) is 4.54. The van der Waals surface area contributed by atoms with Crippen molar-refractivity contribution in [1.29, 1.82) is 0 Å². The number of ether oxygens (including phenoxy) is 2. The summed E-state index contributed by atoms with van der Waals surface area (Å²) in [5, 5.41) is 10.6. The Morgan fingerprint density at radius 3 is 2.73 bits per heavy atom. The van der Waals surface area contributed by atoms with E-state index >= 15 is 0 Å². The van der Waals surface area contributed by atoms with E-state index in [1.54, 1.807) is 25.3 Å². The maximum Gasteiger partial charge on any atom is 0.274 e. The van der Waals surface area contributed by atoms with Crippen LogP contribution < -0.4 is 0 Å². The van der Waals surface area contributed by atoms with Crippen LogP contribution in [0, 0.1) is 10.1 Å². The van der Waals surface area contributed by atoms with E-state index in [4.69, 9.17) is 9.47 Å². The highest BCUT2D eigenvalue weighted by Crippen LogP contribution is 2.18. The van der Waals surface area contributed by atoms with Gasteiger partial charge in [-0.2, -0.15) is 0 Å². The largest absolute Gasteiger partial charge is 0.382 e. The van der Waals surface area contributed by atoms with Gasteiger partial charge in [-0.25, -0.2) is 0 Å². The van der Waals surface area contributed by atoms with Crippen molar-refractivity contribution in [1.82, 2.24) is 0 Å². The molecule has 15 heavy (non-hydrogen) atoms. The second-order valence-electron chi connectivity index (χ2n) is 2.93. The van der Waals surface area contributed by atoms with Crippen molar-refractivity contribution in [2.24, 2.45) is 0 Å². The summed E-state index contributed by atoms with van der Waals surface area (Å²) in [6.07, 6.45) is 0. The van der Waals surface area contributed by atoms with Crippen molar-refractivity contribution in [2.75, 3.05) is 20.3 Å². The molecule has 0 aliphatic rings. The number of nitrogens with zero attached hydrogens (tertiary/aromatic N) is 1. The summed E-state index contributed by atoms with van der Waals surface area (Å²) in [6, 6.07) is 6.54. The van der Waals surface area contributed by atoms with Crippen LogP contribution in [0.5, 0.6) is 0 Å². The molecule has 0 aliphatic carbocycles. The molecule has 5 nitrogen and oxygen atoms in total. The molecule has 0 aromatic heterocycles. The quantitative estimate of drug-likeness (QED) is 0.408. The van der Waals surface area contributed by atoms with Gasteiger partial charge >= 0.3 is 0 Å².